The first-order valence-electron chi connectivity index (χ1n) is 5.64. The summed E-state index contributed by atoms with van der Waals surface area (Å²) in [6.07, 6.45) is 3.02. The molecule has 0 bridgehead atoms. The lowest BCUT2D eigenvalue weighted by Crippen LogP contribution is -2.45. The SMILES string of the molecule is COC(=O)NC(C)C(=O)NCCn1cc(C)cn1. The molecule has 2 N–H and O–H groups in total. The Balaban J connectivity index is 2.26. The highest BCUT2D eigenvalue weighted by molar-refractivity contribution is 5.85. The molecule has 1 heterocycles. The van der Waals surface area contributed by atoms with Crippen LogP contribution in [0.2, 0.25) is 0 Å². The maximum absolute atomic E-state index is 11.6. The van der Waals surface area contributed by atoms with Crippen molar-refractivity contribution in [2.45, 2.75) is 26.4 Å². The van der Waals surface area contributed by atoms with Gasteiger partial charge in [-0.3, -0.25) is 9.48 Å². The summed E-state index contributed by atoms with van der Waals surface area (Å²) in [5.74, 6) is -0.260. The Morgan fingerprint density at radius 1 is 1.56 bits per heavy atom. The van der Waals surface area contributed by atoms with Crippen LogP contribution in [0.25, 0.3) is 0 Å². The molecular formula is C11H18N4O3. The number of nitrogens with zero attached hydrogens (tertiary/aromatic N) is 2. The van der Waals surface area contributed by atoms with Gasteiger partial charge >= 0.3 is 6.09 Å². The zero-order valence-corrected chi connectivity index (χ0v) is 10.8. The minimum Gasteiger partial charge on any atom is -0.453 e. The van der Waals surface area contributed by atoms with Crippen molar-refractivity contribution in [1.82, 2.24) is 20.4 Å². The number of nitrogens with one attached hydrogen (secondary N) is 2. The Morgan fingerprint density at radius 3 is 2.83 bits per heavy atom. The van der Waals surface area contributed by atoms with Gasteiger partial charge in [0.05, 0.1) is 19.9 Å². The van der Waals surface area contributed by atoms with Crippen LogP contribution < -0.4 is 10.6 Å². The third-order valence-electron chi connectivity index (χ3n) is 2.32. The number of hydrogen-bond donors (Lipinski definition) is 2. The van der Waals surface area contributed by atoms with Crippen molar-refractivity contribution in [3.8, 4) is 0 Å². The molecule has 0 spiro atoms. The first-order chi connectivity index (χ1) is 8.52. The van der Waals surface area contributed by atoms with E-state index in [1.807, 2.05) is 13.1 Å². The molecule has 100 valence electrons. The summed E-state index contributed by atoms with van der Waals surface area (Å²) >= 11 is 0. The molecule has 1 atom stereocenters. The molecular weight excluding hydrogens is 236 g/mol. The van der Waals surface area contributed by atoms with Gasteiger partial charge in [0.15, 0.2) is 0 Å². The fraction of sp³-hybridized carbons (Fsp3) is 0.545. The first-order valence-corrected chi connectivity index (χ1v) is 5.64. The average Bonchev–Trinajstić information content (AvgIpc) is 2.74. The predicted octanol–water partition coefficient (Wildman–Crippen LogP) is 0.0522. The summed E-state index contributed by atoms with van der Waals surface area (Å²) in [6, 6.07) is -0.628. The van der Waals surface area contributed by atoms with E-state index in [0.29, 0.717) is 13.1 Å². The van der Waals surface area contributed by atoms with Gasteiger partial charge in [0.25, 0.3) is 0 Å². The second-order valence-electron chi connectivity index (χ2n) is 3.93. The van der Waals surface area contributed by atoms with Crippen LogP contribution >= 0.6 is 0 Å². The molecule has 0 aliphatic carbocycles. The number of carbonyl (C=O) groups excluding carboxylic acids is 2. The molecule has 0 fully saturated rings. The third kappa shape index (κ3) is 4.44. The Bertz CT molecular complexity index is 416. The predicted molar refractivity (Wildman–Crippen MR) is 65.0 cm³/mol. The van der Waals surface area contributed by atoms with E-state index in [2.05, 4.69) is 20.5 Å². The lowest BCUT2D eigenvalue weighted by Gasteiger charge is -2.13. The number of aromatic nitrogens is 2. The highest BCUT2D eigenvalue weighted by Crippen LogP contribution is 1.93. The van der Waals surface area contributed by atoms with Gasteiger partial charge in [-0.15, -0.1) is 0 Å². The van der Waals surface area contributed by atoms with Crippen LogP contribution in [0.1, 0.15) is 12.5 Å². The third-order valence-corrected chi connectivity index (χ3v) is 2.32. The topological polar surface area (TPSA) is 85.2 Å². The van der Waals surface area contributed by atoms with E-state index < -0.39 is 12.1 Å². The first kappa shape index (κ1) is 14.0. The summed E-state index contributed by atoms with van der Waals surface area (Å²) in [4.78, 5) is 22.5. The van der Waals surface area contributed by atoms with Crippen LogP contribution in [0.5, 0.6) is 0 Å². The Morgan fingerprint density at radius 2 is 2.28 bits per heavy atom. The van der Waals surface area contributed by atoms with Crippen molar-refractivity contribution in [1.29, 1.82) is 0 Å². The van der Waals surface area contributed by atoms with Gasteiger partial charge in [-0.1, -0.05) is 0 Å². The summed E-state index contributed by atoms with van der Waals surface area (Å²) in [5, 5.41) is 9.18. The molecule has 1 unspecified atom stereocenters. The molecule has 0 aliphatic heterocycles. The molecule has 0 aromatic carbocycles. The number of ether oxygens (including phenoxy) is 1. The normalized spacial score (nSPS) is 11.7. The van der Waals surface area contributed by atoms with Gasteiger partial charge in [0.2, 0.25) is 5.91 Å². The van der Waals surface area contributed by atoms with Crippen LogP contribution in [0.4, 0.5) is 4.79 Å². The summed E-state index contributed by atoms with van der Waals surface area (Å²) in [7, 11) is 1.25. The zero-order chi connectivity index (χ0) is 13.5. The second kappa shape index (κ2) is 6.63. The van der Waals surface area contributed by atoms with E-state index in [9.17, 15) is 9.59 Å². The fourth-order valence-corrected chi connectivity index (χ4v) is 1.34. The van der Waals surface area contributed by atoms with Crippen molar-refractivity contribution < 1.29 is 14.3 Å². The lowest BCUT2D eigenvalue weighted by molar-refractivity contribution is -0.122. The molecule has 0 aliphatic rings. The van der Waals surface area contributed by atoms with E-state index in [1.54, 1.807) is 17.8 Å². The summed E-state index contributed by atoms with van der Waals surface area (Å²) in [5.41, 5.74) is 1.07. The quantitative estimate of drug-likeness (QED) is 0.777. The second-order valence-corrected chi connectivity index (χ2v) is 3.93. The van der Waals surface area contributed by atoms with Crippen molar-refractivity contribution in [2.75, 3.05) is 13.7 Å². The van der Waals surface area contributed by atoms with Gasteiger partial charge in [-0.05, 0) is 19.4 Å². The maximum Gasteiger partial charge on any atom is 0.407 e. The van der Waals surface area contributed by atoms with E-state index >= 15 is 0 Å². The minimum atomic E-state index is -0.628. The highest BCUT2D eigenvalue weighted by Gasteiger charge is 2.14. The van der Waals surface area contributed by atoms with Crippen LogP contribution in [-0.4, -0.2) is 41.5 Å². The van der Waals surface area contributed by atoms with Gasteiger partial charge < -0.3 is 15.4 Å². The molecule has 0 saturated carbocycles. The summed E-state index contributed by atoms with van der Waals surface area (Å²) in [6.45, 7) is 4.58. The van der Waals surface area contributed by atoms with Crippen LogP contribution in [0, 0.1) is 6.92 Å². The fourth-order valence-electron chi connectivity index (χ4n) is 1.34. The van der Waals surface area contributed by atoms with Crippen molar-refractivity contribution in [3.63, 3.8) is 0 Å². The van der Waals surface area contributed by atoms with E-state index in [4.69, 9.17) is 0 Å². The molecule has 1 aromatic rings. The number of carbonyl (C=O) groups is 2. The van der Waals surface area contributed by atoms with Gasteiger partial charge in [-0.2, -0.15) is 5.10 Å². The molecule has 7 nitrogen and oxygen atoms in total. The molecule has 2 amide bonds. The largest absolute Gasteiger partial charge is 0.453 e. The standard InChI is InChI=1S/C11H18N4O3/c1-8-6-13-15(7-8)5-4-12-10(16)9(2)14-11(17)18-3/h6-7,9H,4-5H2,1-3H3,(H,12,16)(H,14,17). The number of amides is 2. The molecule has 18 heavy (non-hydrogen) atoms. The number of methoxy groups -OCH3 is 1. The van der Waals surface area contributed by atoms with Crippen molar-refractivity contribution >= 4 is 12.0 Å². The maximum atomic E-state index is 11.6. The Labute approximate surface area is 105 Å². The van der Waals surface area contributed by atoms with Crippen molar-refractivity contribution in [3.05, 3.63) is 18.0 Å². The number of alkyl carbamates (subject to hydrolysis) is 1. The highest BCUT2D eigenvalue weighted by atomic mass is 16.5. The zero-order valence-electron chi connectivity index (χ0n) is 10.8. The van der Waals surface area contributed by atoms with Gasteiger partial charge in [0.1, 0.15) is 6.04 Å². The Kier molecular flexibility index (Phi) is 5.16. The van der Waals surface area contributed by atoms with Crippen LogP contribution in [0.3, 0.4) is 0 Å². The molecule has 1 rings (SSSR count). The smallest absolute Gasteiger partial charge is 0.407 e. The van der Waals surface area contributed by atoms with Crippen molar-refractivity contribution in [2.24, 2.45) is 0 Å². The Hall–Kier alpha value is -2.05. The van der Waals surface area contributed by atoms with Gasteiger partial charge in [-0.25, -0.2) is 4.79 Å². The van der Waals surface area contributed by atoms with E-state index in [-0.39, 0.29) is 5.91 Å². The number of rotatable bonds is 5. The average molecular weight is 254 g/mol. The van der Waals surface area contributed by atoms with Crippen LogP contribution in [0.15, 0.2) is 12.4 Å². The lowest BCUT2D eigenvalue weighted by atomic mass is 10.3. The summed E-state index contributed by atoms with van der Waals surface area (Å²) < 4.78 is 6.15. The van der Waals surface area contributed by atoms with Gasteiger partial charge in [0, 0.05) is 12.7 Å². The molecule has 0 saturated heterocycles. The van der Waals surface area contributed by atoms with E-state index in [0.717, 1.165) is 5.56 Å². The minimum absolute atomic E-state index is 0.260. The number of hydrogen-bond acceptors (Lipinski definition) is 4. The monoisotopic (exact) mass is 254 g/mol. The van der Waals surface area contributed by atoms with E-state index in [1.165, 1.54) is 7.11 Å². The van der Waals surface area contributed by atoms with Crippen LogP contribution in [-0.2, 0) is 16.1 Å². The molecule has 7 heteroatoms. The molecule has 0 radical (unpaired) electrons. The number of aryl methyl sites for hydroxylation is 1. The molecule has 1 aromatic heterocycles.